The van der Waals surface area contributed by atoms with E-state index in [0.717, 1.165) is 52.9 Å². The predicted molar refractivity (Wildman–Crippen MR) is 421 cm³/mol. The molecule has 660 valence electrons. The first kappa shape index (κ1) is 97.9. The van der Waals surface area contributed by atoms with Crippen LogP contribution in [0.5, 0.6) is 0 Å². The fourth-order valence-electron chi connectivity index (χ4n) is 12.3. The topological polar surface area (TPSA) is 729 Å². The third kappa shape index (κ3) is 33.7. The number of hydrogen-bond acceptors (Lipinski definition) is 25. The van der Waals surface area contributed by atoms with E-state index >= 15 is 0 Å². The molecule has 0 aliphatic carbocycles. The smallest absolute Gasteiger partial charge is 0.329 e. The van der Waals surface area contributed by atoms with Gasteiger partial charge < -0.3 is 131 Å². The number of urea groups is 1. The number of imidazole rings is 1. The summed E-state index contributed by atoms with van der Waals surface area (Å²) in [5.41, 5.74) is 12.3. The lowest BCUT2D eigenvalue weighted by atomic mass is 9.96. The minimum Gasteiger partial charge on any atom is -0.481 e. The standard InChI is InChI=1S/C75H104N20O26/c1-5-6-7-8-9-14-22-81-75(120)93-46(26-40-32-82-44-19-13-11-16-41(40)44)68(113)89-47(28-54(77)98)69(114)91-50(31-61(107)108)70(115)95-63-39(4)121-74(119)51(27-53(97)42-17-10-12-18-43(42)76)92-73(118)62(37(2)25-58(101)102)94-71(116)52(36-96)87-57(100)34-83-65(110)48(29-59(103)104)88-64(109)38(3)85-67(112)49(30-60(105)106)90-66(111)45(86-56(99)35-84-72(63)117)20-15-21-78-33-55-79-23-24-80-55/h10-13,16-19,23-24,32,37-39,45-52,62-63,78,82,96H,5-9,14-15,20-22,25-31,33-36,76H2,1-4H3,(H2,77,98)(H,79,80)(H,83,110)(H,84,117)(H,85,112)(H,86,99)(H,87,100)(H,88,109)(H,89,113)(H,90,111)(H,91,114)(H,92,118)(H,94,116)(H,95,115)(H,101,102)(H,103,104)(H,105,106)(H,107,108)(H2,81,93,120). The number of aliphatic hydroxyl groups is 1. The van der Waals surface area contributed by atoms with Crippen LogP contribution in [0, 0.1) is 5.92 Å². The van der Waals surface area contributed by atoms with Crippen molar-refractivity contribution in [3.05, 3.63) is 84.1 Å². The number of benzene rings is 2. The molecule has 13 unspecified atom stereocenters. The van der Waals surface area contributed by atoms with Gasteiger partial charge >= 0.3 is 35.9 Å². The van der Waals surface area contributed by atoms with Gasteiger partial charge in [0.2, 0.25) is 76.8 Å². The van der Waals surface area contributed by atoms with E-state index in [0.29, 0.717) is 28.7 Å². The van der Waals surface area contributed by atoms with Crippen molar-refractivity contribution in [1.82, 2.24) is 94.7 Å². The highest BCUT2D eigenvalue weighted by molar-refractivity contribution is 6.05. The quantitative estimate of drug-likeness (QED) is 0.00866. The van der Waals surface area contributed by atoms with Gasteiger partial charge in [-0.2, -0.15) is 0 Å². The number of carboxylic acid groups (broad SMARTS) is 4. The minimum absolute atomic E-state index is 0.0257. The number of carbonyl (C=O) groups is 20. The molecule has 46 nitrogen and oxygen atoms in total. The molecule has 3 heterocycles. The summed E-state index contributed by atoms with van der Waals surface area (Å²) in [4.78, 5) is 285. The van der Waals surface area contributed by atoms with Gasteiger partial charge in [0, 0.05) is 60.1 Å². The summed E-state index contributed by atoms with van der Waals surface area (Å²) >= 11 is 0. The van der Waals surface area contributed by atoms with Gasteiger partial charge in [0.05, 0.1) is 58.3 Å². The molecule has 0 bridgehead atoms. The molecule has 26 N–H and O–H groups in total. The van der Waals surface area contributed by atoms with Crippen LogP contribution in [0.1, 0.15) is 139 Å². The van der Waals surface area contributed by atoms with Gasteiger partial charge in [-0.1, -0.05) is 76.3 Å². The van der Waals surface area contributed by atoms with Crippen molar-refractivity contribution < 1.29 is 126 Å². The van der Waals surface area contributed by atoms with Gasteiger partial charge in [-0.15, -0.1) is 0 Å². The second kappa shape index (κ2) is 49.5. The van der Waals surface area contributed by atoms with Crippen molar-refractivity contribution in [3.63, 3.8) is 0 Å². The Morgan fingerprint density at radius 3 is 1.78 bits per heavy atom. The number of rotatable bonds is 37. The van der Waals surface area contributed by atoms with E-state index in [1.54, 1.807) is 30.5 Å². The maximum absolute atomic E-state index is 14.9. The average Bonchev–Trinajstić information content (AvgIpc) is 1.73. The number of aromatic nitrogens is 3. The Bertz CT molecular complexity index is 4370. The number of para-hydroxylation sites is 2. The highest BCUT2D eigenvalue weighted by Gasteiger charge is 2.41. The Hall–Kier alpha value is -13.7. The van der Waals surface area contributed by atoms with Crippen molar-refractivity contribution in [2.24, 2.45) is 11.7 Å². The predicted octanol–water partition coefficient (Wildman–Crippen LogP) is -5.66. The molecule has 0 saturated carbocycles. The third-order valence-corrected chi connectivity index (χ3v) is 18.6. The first-order valence-corrected chi connectivity index (χ1v) is 38.6. The molecule has 46 heteroatoms. The number of primary amides is 1. The Morgan fingerprint density at radius 2 is 1.15 bits per heavy atom. The zero-order valence-corrected chi connectivity index (χ0v) is 66.6. The van der Waals surface area contributed by atoms with Crippen LogP contribution >= 0.6 is 0 Å². The molecule has 2 aromatic carbocycles. The number of H-pyrrole nitrogens is 2. The summed E-state index contributed by atoms with van der Waals surface area (Å²) in [5, 5.41) is 84.8. The number of carbonyl (C=O) groups excluding carboxylic acids is 16. The molecule has 4 aromatic rings. The highest BCUT2D eigenvalue weighted by atomic mass is 16.5. The Morgan fingerprint density at radius 1 is 0.570 bits per heavy atom. The number of carboxylic acids is 4. The fourth-order valence-corrected chi connectivity index (χ4v) is 12.3. The number of Topliss-reactive ketones (excluding diaryl/α,β-unsaturated/α-hetero) is 1. The van der Waals surface area contributed by atoms with Gasteiger partial charge in [0.25, 0.3) is 0 Å². The maximum atomic E-state index is 14.9. The van der Waals surface area contributed by atoms with Gasteiger partial charge in [0.15, 0.2) is 5.78 Å². The molecule has 1 saturated heterocycles. The lowest BCUT2D eigenvalue weighted by molar-refractivity contribution is -0.156. The summed E-state index contributed by atoms with van der Waals surface area (Å²) < 4.78 is 5.72. The van der Waals surface area contributed by atoms with Crippen molar-refractivity contribution in [2.45, 2.75) is 203 Å². The van der Waals surface area contributed by atoms with Crippen molar-refractivity contribution >= 4 is 135 Å². The largest absolute Gasteiger partial charge is 0.481 e. The zero-order chi connectivity index (χ0) is 89.6. The average molecular weight is 1700 g/mol. The maximum Gasteiger partial charge on any atom is 0.329 e. The molecule has 5 rings (SSSR count). The van der Waals surface area contributed by atoms with Crippen LogP contribution in [0.2, 0.25) is 0 Å². The first-order chi connectivity index (χ1) is 57.4. The zero-order valence-electron chi connectivity index (χ0n) is 66.6. The van der Waals surface area contributed by atoms with E-state index in [4.69, 9.17) is 16.2 Å². The molecular formula is C75H104N20O26. The Balaban J connectivity index is 1.62. The number of ketones is 1. The van der Waals surface area contributed by atoms with Crippen molar-refractivity contribution in [1.29, 1.82) is 0 Å². The number of cyclic esters (lactones) is 1. The van der Waals surface area contributed by atoms with E-state index < -0.39 is 255 Å². The minimum atomic E-state index is -2.47. The number of anilines is 1. The number of amides is 15. The number of aromatic amines is 2. The van der Waals surface area contributed by atoms with E-state index in [2.05, 4.69) is 85.7 Å². The lowest BCUT2D eigenvalue weighted by Gasteiger charge is -2.30. The Labute approximate surface area is 690 Å². The van der Waals surface area contributed by atoms with E-state index in [9.17, 15) is 121 Å². The van der Waals surface area contributed by atoms with E-state index in [-0.39, 0.29) is 50.1 Å². The van der Waals surface area contributed by atoms with Crippen molar-refractivity contribution in [3.8, 4) is 0 Å². The van der Waals surface area contributed by atoms with Crippen LogP contribution in [0.15, 0.2) is 67.1 Å². The number of fused-ring (bicyclic) bond motifs is 1. The van der Waals surface area contributed by atoms with Crippen LogP contribution < -0.4 is 91.2 Å². The molecule has 0 radical (unpaired) electrons. The summed E-state index contributed by atoms with van der Waals surface area (Å²) in [6.45, 7) is 1.66. The van der Waals surface area contributed by atoms with Crippen molar-refractivity contribution in [2.75, 3.05) is 38.5 Å². The molecule has 1 aliphatic rings. The number of ether oxygens (including phenoxy) is 1. The number of hydrogen-bond donors (Lipinski definition) is 24. The number of aliphatic hydroxyl groups excluding tert-OH is 1. The van der Waals surface area contributed by atoms with Crippen LogP contribution in [0.4, 0.5) is 10.5 Å². The number of unbranched alkanes of at least 4 members (excludes halogenated alkanes) is 5. The molecular weight excluding hydrogens is 1600 g/mol. The fraction of sp³-hybridized carbons (Fsp3) is 0.507. The molecule has 13 atom stereocenters. The number of nitrogens with zero attached hydrogens (tertiary/aromatic N) is 1. The van der Waals surface area contributed by atoms with Crippen LogP contribution in [0.3, 0.4) is 0 Å². The van der Waals surface area contributed by atoms with Crippen LogP contribution in [-0.2, 0) is 104 Å². The van der Waals surface area contributed by atoms with Gasteiger partial charge in [-0.25, -0.2) is 14.6 Å². The highest BCUT2D eigenvalue weighted by Crippen LogP contribution is 2.21. The summed E-state index contributed by atoms with van der Waals surface area (Å²) in [5.74, 6) is -28.8. The third-order valence-electron chi connectivity index (χ3n) is 18.6. The normalized spacial score (nSPS) is 20.7. The second-order valence-corrected chi connectivity index (χ2v) is 28.4. The number of nitrogens with two attached hydrogens (primary N) is 2. The summed E-state index contributed by atoms with van der Waals surface area (Å²) in [6.07, 6.45) is -0.109. The molecule has 1 fully saturated rings. The molecule has 121 heavy (non-hydrogen) atoms. The first-order valence-electron chi connectivity index (χ1n) is 38.6. The number of nitrogens with one attached hydrogen (secondary N) is 17. The molecule has 15 amide bonds. The monoisotopic (exact) mass is 1700 g/mol. The van der Waals surface area contributed by atoms with E-state index in [1.165, 1.54) is 36.7 Å². The number of esters is 1. The summed E-state index contributed by atoms with van der Waals surface area (Å²) in [6, 6.07) is -11.6. The van der Waals surface area contributed by atoms with Gasteiger partial charge in [-0.05, 0) is 69.3 Å². The second-order valence-electron chi connectivity index (χ2n) is 28.4. The summed E-state index contributed by atoms with van der Waals surface area (Å²) in [7, 11) is 0. The van der Waals surface area contributed by atoms with E-state index in [1.807, 2.05) is 16.0 Å². The molecule has 1 aliphatic heterocycles. The SMILES string of the molecule is CCCCCCCCNC(=O)NC(Cc1c[nH]c2ccccc12)C(=O)NC(CC(N)=O)C(=O)NC(CC(=O)O)C(=O)NC1C(=O)NCC(=O)NC(CCCNCc2ncc[nH]2)C(=O)NC(CC(=O)O)C(=O)NC(C)C(=O)NC(CC(=O)O)C(=O)NCC(=O)NC(CO)C(=O)NC(C(C)CC(=O)O)C(=O)NC(CC(=O)c2ccccc2N)C(=O)OC1C. The molecule has 0 spiro atoms. The van der Waals surface area contributed by atoms with Crippen LogP contribution in [-0.4, -0.2) is 264 Å². The van der Waals surface area contributed by atoms with Gasteiger partial charge in [0.1, 0.15) is 78.4 Å². The number of nitrogen functional groups attached to an aromatic ring is 1. The molecule has 2 aromatic heterocycles. The van der Waals surface area contributed by atoms with Crippen LogP contribution in [0.25, 0.3) is 10.9 Å². The van der Waals surface area contributed by atoms with Gasteiger partial charge in [-0.3, -0.25) is 86.3 Å². The lowest BCUT2D eigenvalue weighted by Crippen LogP contribution is -2.62. The number of aliphatic carboxylic acids is 4. The Kier molecular flexibility index (Phi) is 40.1.